The number of carbonyl (C=O) groups excluding carboxylic acids is 1. The second-order valence-electron chi connectivity index (χ2n) is 5.15. The van der Waals surface area contributed by atoms with Crippen LogP contribution in [0.4, 0.5) is 5.82 Å². The van der Waals surface area contributed by atoms with Crippen molar-refractivity contribution < 1.29 is 14.6 Å². The Labute approximate surface area is 124 Å². The highest BCUT2D eigenvalue weighted by atomic mass is 16.5. The van der Waals surface area contributed by atoms with E-state index in [0.717, 1.165) is 19.3 Å². The van der Waals surface area contributed by atoms with Gasteiger partial charge in [-0.25, -0.2) is 4.98 Å². The van der Waals surface area contributed by atoms with Crippen molar-refractivity contribution in [1.29, 1.82) is 0 Å². The van der Waals surface area contributed by atoms with Crippen LogP contribution >= 0.6 is 0 Å². The highest BCUT2D eigenvalue weighted by Gasteiger charge is 2.39. The van der Waals surface area contributed by atoms with Crippen molar-refractivity contribution in [3.63, 3.8) is 0 Å². The van der Waals surface area contributed by atoms with E-state index in [2.05, 4.69) is 22.1 Å². The molecule has 1 aromatic rings. The molecule has 2 N–H and O–H groups in total. The van der Waals surface area contributed by atoms with Gasteiger partial charge >= 0.3 is 0 Å². The van der Waals surface area contributed by atoms with Gasteiger partial charge in [0.05, 0.1) is 18.6 Å². The molecule has 1 saturated carbocycles. The van der Waals surface area contributed by atoms with Crippen LogP contribution in [0, 0.1) is 11.8 Å². The Bertz CT molecular complexity index is 551. The Kier molecular flexibility index (Phi) is 5.32. The molecule has 0 aliphatic heterocycles. The van der Waals surface area contributed by atoms with Crippen molar-refractivity contribution >= 4 is 11.7 Å². The third-order valence-corrected chi connectivity index (χ3v) is 3.65. The minimum atomic E-state index is -0.289. The third kappa shape index (κ3) is 4.28. The van der Waals surface area contributed by atoms with Crippen LogP contribution in [0.1, 0.15) is 37.8 Å². The number of nitrogens with one attached hydrogen (secondary N) is 1. The summed E-state index contributed by atoms with van der Waals surface area (Å²) in [6.45, 7) is 0.0303. The van der Waals surface area contributed by atoms with Crippen LogP contribution in [0.5, 0.6) is 0 Å². The summed E-state index contributed by atoms with van der Waals surface area (Å²) in [4.78, 5) is 16.3. The van der Waals surface area contributed by atoms with E-state index >= 15 is 0 Å². The zero-order valence-electron chi connectivity index (χ0n) is 12.2. The van der Waals surface area contributed by atoms with Crippen LogP contribution < -0.4 is 5.32 Å². The lowest BCUT2D eigenvalue weighted by atomic mass is 9.77. The topological polar surface area (TPSA) is 71.5 Å². The molecule has 0 spiro atoms. The first-order chi connectivity index (χ1) is 10.2. The summed E-state index contributed by atoms with van der Waals surface area (Å²) in [5, 5.41) is 11.5. The normalized spacial score (nSPS) is 15.5. The molecule has 5 nitrogen and oxygen atoms in total. The molecule has 2 rings (SSSR count). The molecule has 0 aromatic carbocycles. The van der Waals surface area contributed by atoms with Crippen LogP contribution in [0.2, 0.25) is 0 Å². The highest BCUT2D eigenvalue weighted by molar-refractivity contribution is 5.90. The van der Waals surface area contributed by atoms with E-state index in [0.29, 0.717) is 24.4 Å². The van der Waals surface area contributed by atoms with Crippen LogP contribution in [0.3, 0.4) is 0 Å². The number of carbonyl (C=O) groups is 1. The number of rotatable bonds is 5. The number of anilines is 1. The first-order valence-corrected chi connectivity index (χ1v) is 7.09. The number of aliphatic hydroxyl groups is 1. The maximum absolute atomic E-state index is 12.1. The number of pyridine rings is 1. The molecule has 5 heteroatoms. The van der Waals surface area contributed by atoms with Crippen LogP contribution in [0.25, 0.3) is 0 Å². The van der Waals surface area contributed by atoms with Crippen molar-refractivity contribution in [2.75, 3.05) is 19.0 Å². The SMILES string of the molecule is COC1(CC(=O)Nc2cccc(C#CCCO)n2)CCC1. The largest absolute Gasteiger partial charge is 0.395 e. The summed E-state index contributed by atoms with van der Waals surface area (Å²) in [7, 11) is 1.65. The van der Waals surface area contributed by atoms with Crippen molar-refractivity contribution in [2.45, 2.75) is 37.7 Å². The minimum Gasteiger partial charge on any atom is -0.395 e. The Hall–Kier alpha value is -1.90. The lowest BCUT2D eigenvalue weighted by molar-refractivity contribution is -0.129. The molecule has 0 bridgehead atoms. The molecule has 0 atom stereocenters. The highest BCUT2D eigenvalue weighted by Crippen LogP contribution is 2.38. The zero-order chi connectivity index (χ0) is 15.1. The van der Waals surface area contributed by atoms with E-state index in [4.69, 9.17) is 9.84 Å². The van der Waals surface area contributed by atoms with Crippen LogP contribution in [-0.4, -0.2) is 35.3 Å². The van der Waals surface area contributed by atoms with E-state index in [9.17, 15) is 4.79 Å². The first-order valence-electron chi connectivity index (χ1n) is 7.09. The standard InChI is InChI=1S/C16H20N2O3/c1-21-16(9-5-10-16)12-15(20)18-14-8-4-7-13(17-14)6-2-3-11-19/h4,7-8,19H,3,5,9-12H2,1H3,(H,17,18,20). The van der Waals surface area contributed by atoms with Gasteiger partial charge in [0.2, 0.25) is 5.91 Å². The van der Waals surface area contributed by atoms with Gasteiger partial charge < -0.3 is 15.2 Å². The van der Waals surface area contributed by atoms with Gasteiger partial charge in [0, 0.05) is 13.5 Å². The fourth-order valence-corrected chi connectivity index (χ4v) is 2.29. The summed E-state index contributed by atoms with van der Waals surface area (Å²) in [5.74, 6) is 6.04. The van der Waals surface area contributed by atoms with E-state index in [1.807, 2.05) is 0 Å². The predicted molar refractivity (Wildman–Crippen MR) is 79.7 cm³/mol. The maximum Gasteiger partial charge on any atom is 0.228 e. The molecular formula is C16H20N2O3. The molecular weight excluding hydrogens is 268 g/mol. The fourth-order valence-electron chi connectivity index (χ4n) is 2.29. The number of hydrogen-bond donors (Lipinski definition) is 2. The summed E-state index contributed by atoms with van der Waals surface area (Å²) in [6.07, 6.45) is 3.73. The van der Waals surface area contributed by atoms with Crippen molar-refractivity contribution in [2.24, 2.45) is 0 Å². The molecule has 0 unspecified atom stereocenters. The predicted octanol–water partition coefficient (Wildman–Crippen LogP) is 1.71. The molecule has 0 saturated heterocycles. The monoisotopic (exact) mass is 288 g/mol. The van der Waals surface area contributed by atoms with Crippen molar-refractivity contribution in [1.82, 2.24) is 4.98 Å². The Morgan fingerprint density at radius 1 is 1.52 bits per heavy atom. The number of aromatic nitrogens is 1. The van der Waals surface area contributed by atoms with Crippen molar-refractivity contribution in [3.05, 3.63) is 23.9 Å². The molecule has 1 aliphatic rings. The number of ether oxygens (including phenoxy) is 1. The molecule has 0 radical (unpaired) electrons. The number of aliphatic hydroxyl groups excluding tert-OH is 1. The van der Waals surface area contributed by atoms with Crippen LogP contribution in [0.15, 0.2) is 18.2 Å². The van der Waals surface area contributed by atoms with Gasteiger partial charge in [0.25, 0.3) is 0 Å². The number of methoxy groups -OCH3 is 1. The Morgan fingerprint density at radius 3 is 2.95 bits per heavy atom. The summed E-state index contributed by atoms with van der Waals surface area (Å²) in [6, 6.07) is 5.29. The van der Waals surface area contributed by atoms with Gasteiger partial charge in [-0.2, -0.15) is 0 Å². The van der Waals surface area contributed by atoms with Crippen LogP contribution in [-0.2, 0) is 9.53 Å². The summed E-state index contributed by atoms with van der Waals surface area (Å²) in [5.41, 5.74) is 0.286. The van der Waals surface area contributed by atoms with Gasteiger partial charge in [-0.15, -0.1) is 0 Å². The van der Waals surface area contributed by atoms with E-state index in [1.54, 1.807) is 25.3 Å². The first kappa shape index (κ1) is 15.5. The minimum absolute atomic E-state index is 0.0303. The number of nitrogens with zero attached hydrogens (tertiary/aromatic N) is 1. The Balaban J connectivity index is 1.95. The number of hydrogen-bond acceptors (Lipinski definition) is 4. The molecule has 112 valence electrons. The average molecular weight is 288 g/mol. The van der Waals surface area contributed by atoms with Gasteiger partial charge in [0.15, 0.2) is 0 Å². The van der Waals surface area contributed by atoms with Gasteiger partial charge in [-0.3, -0.25) is 4.79 Å². The smallest absolute Gasteiger partial charge is 0.228 e. The van der Waals surface area contributed by atoms with Gasteiger partial charge in [0.1, 0.15) is 11.5 Å². The number of amides is 1. The molecule has 1 heterocycles. The summed E-state index contributed by atoms with van der Waals surface area (Å²) < 4.78 is 5.44. The lowest BCUT2D eigenvalue weighted by Gasteiger charge is -2.39. The van der Waals surface area contributed by atoms with E-state index in [1.165, 1.54) is 0 Å². The molecule has 21 heavy (non-hydrogen) atoms. The molecule has 1 fully saturated rings. The average Bonchev–Trinajstić information content (AvgIpc) is 2.44. The van der Waals surface area contributed by atoms with E-state index in [-0.39, 0.29) is 18.1 Å². The lowest BCUT2D eigenvalue weighted by Crippen LogP contribution is -2.42. The van der Waals surface area contributed by atoms with Gasteiger partial charge in [-0.1, -0.05) is 12.0 Å². The molecule has 1 amide bonds. The molecule has 1 aliphatic carbocycles. The second kappa shape index (κ2) is 7.21. The van der Waals surface area contributed by atoms with E-state index < -0.39 is 0 Å². The molecule has 1 aromatic heterocycles. The van der Waals surface area contributed by atoms with Crippen molar-refractivity contribution in [3.8, 4) is 11.8 Å². The maximum atomic E-state index is 12.1. The van der Waals surface area contributed by atoms with Gasteiger partial charge in [-0.05, 0) is 37.3 Å². The fraction of sp³-hybridized carbons (Fsp3) is 0.500. The summed E-state index contributed by atoms with van der Waals surface area (Å²) >= 11 is 0. The quantitative estimate of drug-likeness (QED) is 0.809. The zero-order valence-corrected chi connectivity index (χ0v) is 12.2. The second-order valence-corrected chi connectivity index (χ2v) is 5.15. The third-order valence-electron chi connectivity index (χ3n) is 3.65. The Morgan fingerprint density at radius 2 is 2.33 bits per heavy atom.